The molecule has 0 saturated carbocycles. The van der Waals surface area contributed by atoms with Crippen LogP contribution in [0.25, 0.3) is 0 Å². The van der Waals surface area contributed by atoms with E-state index in [1.807, 2.05) is 0 Å². The Kier molecular flexibility index (Phi) is 2.84. The molecule has 0 aliphatic heterocycles. The first-order chi connectivity index (χ1) is 5.98. The van der Waals surface area contributed by atoms with Gasteiger partial charge < -0.3 is 15.4 Å². The van der Waals surface area contributed by atoms with Crippen molar-refractivity contribution < 1.29 is 18.7 Å². The molecule has 0 aromatic heterocycles. The van der Waals surface area contributed by atoms with Gasteiger partial charge in [-0.25, -0.2) is 9.00 Å². The summed E-state index contributed by atoms with van der Waals surface area (Å²) in [5, 5.41) is 8.81. The molecule has 0 fully saturated rings. The monoisotopic (exact) mass is 205 g/mol. The number of hydrogen-bond acceptors (Lipinski definition) is 3. The molecule has 0 aromatic carbocycles. The maximum absolute atomic E-state index is 10.8. The van der Waals surface area contributed by atoms with Gasteiger partial charge in [0.2, 0.25) is 0 Å². The second-order valence-electron chi connectivity index (χ2n) is 2.99. The lowest BCUT2D eigenvalue weighted by Gasteiger charge is -2.28. The van der Waals surface area contributed by atoms with Crippen molar-refractivity contribution in [3.63, 3.8) is 0 Å². The minimum atomic E-state index is -2.29. The molecule has 2 atom stereocenters. The molecule has 0 radical (unpaired) electrons. The van der Waals surface area contributed by atoms with E-state index in [9.17, 15) is 9.00 Å². The summed E-state index contributed by atoms with van der Waals surface area (Å²) in [5.74, 6) is -1.25. The van der Waals surface area contributed by atoms with Crippen molar-refractivity contribution in [2.24, 2.45) is 5.73 Å². The Balaban J connectivity index is 3.08. The van der Waals surface area contributed by atoms with Crippen molar-refractivity contribution in [3.05, 3.63) is 11.0 Å². The van der Waals surface area contributed by atoms with Crippen molar-refractivity contribution in [2.45, 2.75) is 24.8 Å². The third kappa shape index (κ3) is 1.79. The predicted molar refractivity (Wildman–Crippen MR) is 47.3 cm³/mol. The smallest absolute Gasteiger partial charge is 0.329 e. The summed E-state index contributed by atoms with van der Waals surface area (Å²) >= 11 is -2.29. The number of nitrogens with two attached hydrogens (primary N) is 1. The van der Waals surface area contributed by atoms with E-state index in [1.54, 1.807) is 0 Å². The molecule has 5 nitrogen and oxygen atoms in total. The molecule has 4 N–H and O–H groups in total. The van der Waals surface area contributed by atoms with E-state index in [0.717, 1.165) is 0 Å². The summed E-state index contributed by atoms with van der Waals surface area (Å²) in [5.41, 5.74) is 3.87. The first-order valence-electron chi connectivity index (χ1n) is 3.82. The zero-order chi connectivity index (χ0) is 10.1. The highest BCUT2D eigenvalue weighted by Crippen LogP contribution is 2.28. The Morgan fingerprint density at radius 2 is 2.31 bits per heavy atom. The summed E-state index contributed by atoms with van der Waals surface area (Å²) in [6.07, 6.45) is 2.88. The number of carboxylic acid groups (broad SMARTS) is 1. The highest BCUT2D eigenvalue weighted by Gasteiger charge is 2.42. The number of hydrogen-bond donors (Lipinski definition) is 3. The normalized spacial score (nSPS) is 30.8. The fraction of sp³-hybridized carbons (Fsp3) is 0.571. The van der Waals surface area contributed by atoms with Gasteiger partial charge in [-0.1, -0.05) is 6.08 Å². The van der Waals surface area contributed by atoms with Crippen LogP contribution in [0, 0.1) is 0 Å². The van der Waals surface area contributed by atoms with Crippen LogP contribution in [0.1, 0.15) is 19.3 Å². The molecule has 13 heavy (non-hydrogen) atoms. The summed E-state index contributed by atoms with van der Waals surface area (Å²) < 4.78 is 19.6. The van der Waals surface area contributed by atoms with E-state index >= 15 is 0 Å². The Morgan fingerprint density at radius 1 is 1.69 bits per heavy atom. The van der Waals surface area contributed by atoms with Crippen molar-refractivity contribution in [3.8, 4) is 0 Å². The van der Waals surface area contributed by atoms with Crippen LogP contribution in [0.3, 0.4) is 0 Å². The molecule has 74 valence electrons. The molecule has 6 heteroatoms. The molecular weight excluding hydrogens is 194 g/mol. The third-order valence-electron chi connectivity index (χ3n) is 2.11. The Labute approximate surface area is 77.9 Å². The maximum atomic E-state index is 10.8. The lowest BCUT2D eigenvalue weighted by molar-refractivity contribution is -0.142. The van der Waals surface area contributed by atoms with Crippen LogP contribution >= 0.6 is 0 Å². The molecule has 0 heterocycles. The van der Waals surface area contributed by atoms with Crippen LogP contribution in [-0.2, 0) is 15.9 Å². The quantitative estimate of drug-likeness (QED) is 0.553. The van der Waals surface area contributed by atoms with Gasteiger partial charge in [0.15, 0.2) is 16.6 Å². The number of carbonyl (C=O) groups is 1. The minimum absolute atomic E-state index is 0.0914. The predicted octanol–water partition coefficient (Wildman–Crippen LogP) is 0.0580. The van der Waals surface area contributed by atoms with E-state index in [0.29, 0.717) is 12.8 Å². The Morgan fingerprint density at radius 3 is 2.69 bits per heavy atom. The maximum Gasteiger partial charge on any atom is 0.329 e. The average Bonchev–Trinajstić information content (AvgIpc) is 2.04. The Bertz CT molecular complexity index is 288. The number of allylic oxidation sites excluding steroid dienone is 1. The largest absolute Gasteiger partial charge is 0.480 e. The molecule has 0 aromatic rings. The minimum Gasteiger partial charge on any atom is -0.480 e. The molecule has 0 bridgehead atoms. The van der Waals surface area contributed by atoms with Gasteiger partial charge in [0, 0.05) is 0 Å². The fourth-order valence-corrected chi connectivity index (χ4v) is 2.12. The van der Waals surface area contributed by atoms with Gasteiger partial charge in [-0.2, -0.15) is 0 Å². The zero-order valence-electron chi connectivity index (χ0n) is 6.90. The van der Waals surface area contributed by atoms with Crippen molar-refractivity contribution >= 4 is 17.0 Å². The van der Waals surface area contributed by atoms with E-state index in [1.165, 1.54) is 6.08 Å². The lowest BCUT2D eigenvalue weighted by atomic mass is 9.88. The molecule has 0 amide bonds. The molecule has 2 unspecified atom stereocenters. The van der Waals surface area contributed by atoms with E-state index in [2.05, 4.69) is 0 Å². The van der Waals surface area contributed by atoms with Crippen LogP contribution in [-0.4, -0.2) is 25.4 Å². The standard InChI is InChI=1S/C7H11NO4S/c8-7(6(9)10)4-2-1-3-5(7)13(11)12/h3H,1-2,4,8H2,(H,9,10)(H,11,12). The highest BCUT2D eigenvalue weighted by molar-refractivity contribution is 7.83. The fourth-order valence-electron chi connectivity index (χ4n) is 1.36. The van der Waals surface area contributed by atoms with E-state index in [4.69, 9.17) is 15.4 Å². The van der Waals surface area contributed by atoms with Crippen molar-refractivity contribution in [1.29, 1.82) is 0 Å². The Hall–Kier alpha value is -0.720. The van der Waals surface area contributed by atoms with E-state index < -0.39 is 22.6 Å². The average molecular weight is 205 g/mol. The molecular formula is C7H11NO4S. The van der Waals surface area contributed by atoms with Gasteiger partial charge in [-0.3, -0.25) is 0 Å². The van der Waals surface area contributed by atoms with Crippen molar-refractivity contribution in [2.75, 3.05) is 0 Å². The van der Waals surface area contributed by atoms with Crippen LogP contribution in [0.2, 0.25) is 0 Å². The molecule has 1 aliphatic rings. The number of rotatable bonds is 2. The summed E-state index contributed by atoms with van der Waals surface area (Å²) in [6, 6.07) is 0. The summed E-state index contributed by atoms with van der Waals surface area (Å²) in [6.45, 7) is 0. The first-order valence-corrected chi connectivity index (χ1v) is 4.93. The lowest BCUT2D eigenvalue weighted by Crippen LogP contribution is -2.51. The van der Waals surface area contributed by atoms with Crippen LogP contribution in [0.4, 0.5) is 0 Å². The molecule has 1 aliphatic carbocycles. The third-order valence-corrected chi connectivity index (χ3v) is 3.02. The van der Waals surface area contributed by atoms with Gasteiger partial charge >= 0.3 is 5.97 Å². The first kappa shape index (κ1) is 10.4. The van der Waals surface area contributed by atoms with Crippen LogP contribution < -0.4 is 5.73 Å². The molecule has 1 rings (SSSR count). The second kappa shape index (κ2) is 3.57. The van der Waals surface area contributed by atoms with E-state index in [-0.39, 0.29) is 11.3 Å². The van der Waals surface area contributed by atoms with Gasteiger partial charge in [0.05, 0.1) is 4.91 Å². The SMILES string of the molecule is NC1(C(=O)O)CCCC=C1S(=O)O. The second-order valence-corrected chi connectivity index (χ2v) is 3.92. The van der Waals surface area contributed by atoms with Gasteiger partial charge in [-0.05, 0) is 19.3 Å². The highest BCUT2D eigenvalue weighted by atomic mass is 32.2. The van der Waals surface area contributed by atoms with Gasteiger partial charge in [0.25, 0.3) is 0 Å². The van der Waals surface area contributed by atoms with Crippen molar-refractivity contribution in [1.82, 2.24) is 0 Å². The molecule has 0 spiro atoms. The number of carboxylic acids is 1. The van der Waals surface area contributed by atoms with Crippen LogP contribution in [0.15, 0.2) is 11.0 Å². The molecule has 0 saturated heterocycles. The summed E-state index contributed by atoms with van der Waals surface area (Å²) in [4.78, 5) is 10.7. The number of aliphatic carboxylic acids is 1. The van der Waals surface area contributed by atoms with Gasteiger partial charge in [-0.15, -0.1) is 0 Å². The zero-order valence-corrected chi connectivity index (χ0v) is 7.71. The van der Waals surface area contributed by atoms with Gasteiger partial charge in [0.1, 0.15) is 0 Å². The van der Waals surface area contributed by atoms with Crippen LogP contribution in [0.5, 0.6) is 0 Å². The summed E-state index contributed by atoms with van der Waals surface area (Å²) in [7, 11) is 0. The topological polar surface area (TPSA) is 101 Å².